The molecule has 0 bridgehead atoms. The molecular formula is C51H39N3. The van der Waals surface area contributed by atoms with E-state index >= 15 is 0 Å². The molecule has 1 heterocycles. The van der Waals surface area contributed by atoms with Crippen LogP contribution in [-0.4, -0.2) is 15.0 Å². The lowest BCUT2D eigenvalue weighted by atomic mass is 9.67. The molecule has 7 aromatic carbocycles. The first-order valence-corrected chi connectivity index (χ1v) is 16.2. The first-order valence-electron chi connectivity index (χ1n) is 31.7. The predicted octanol–water partition coefficient (Wildman–Crippen LogP) is 13.1. The normalized spacial score (nSPS) is 26.9. The molecule has 0 aliphatic heterocycles. The molecule has 2 aliphatic carbocycles. The minimum Gasteiger partial charge on any atom is -0.208 e. The van der Waals surface area contributed by atoms with E-state index in [1.165, 1.54) is 36.4 Å². The lowest BCUT2D eigenvalue weighted by molar-refractivity contribution is 0.353. The van der Waals surface area contributed by atoms with Crippen LogP contribution in [0.1, 0.15) is 85.5 Å². The van der Waals surface area contributed by atoms with E-state index in [-0.39, 0.29) is 22.5 Å². The molecule has 3 heteroatoms. The first-order chi connectivity index (χ1) is 39.3. The zero-order valence-corrected chi connectivity index (χ0v) is 27.5. The van der Waals surface area contributed by atoms with Gasteiger partial charge in [0.05, 0.1) is 28.8 Å². The van der Waals surface area contributed by atoms with Gasteiger partial charge in [-0.05, 0) is 92.6 Å². The highest BCUT2D eigenvalue weighted by Crippen LogP contribution is 2.56. The van der Waals surface area contributed by atoms with Gasteiger partial charge in [0.1, 0.15) is 0 Å². The summed E-state index contributed by atoms with van der Waals surface area (Å²) in [4.78, 5) is 13.2. The van der Waals surface area contributed by atoms with E-state index in [0.717, 1.165) is 0 Å². The lowest BCUT2D eigenvalue weighted by Crippen LogP contribution is -2.28. The zero-order chi connectivity index (χ0) is 63.1. The Morgan fingerprint density at radius 1 is 0.407 bits per heavy atom. The summed E-state index contributed by atoms with van der Waals surface area (Å²) < 4.78 is 276. The maximum atomic E-state index is 9.88. The van der Waals surface area contributed by atoms with Gasteiger partial charge in [-0.3, -0.25) is 0 Å². The average molecular weight is 725 g/mol. The van der Waals surface area contributed by atoms with Crippen molar-refractivity contribution >= 4 is 0 Å². The van der Waals surface area contributed by atoms with Crippen molar-refractivity contribution in [3.63, 3.8) is 0 Å². The van der Waals surface area contributed by atoms with E-state index in [0.29, 0.717) is 5.56 Å². The maximum absolute atomic E-state index is 9.88. The van der Waals surface area contributed by atoms with Crippen LogP contribution < -0.4 is 0 Å². The Bertz CT molecular complexity index is 4150. The Hall–Kier alpha value is -6.45. The standard InChI is InChI=1S/C51H39N3/c1-4-15-35(16-5-1)48-52-49(36-17-6-2-7-18-36)54-50(53-48)43-24-14-23-41(33-43)39-21-12-19-37(31-39)38-20-13-22-40(32-38)42-27-28-45-44-25-8-9-26-46(44)51(47(45)34-42)29-10-3-11-30-51/h1-2,4-9,12-28,31-34H,3,10-11,29-30H2/i1D,2D,3D2,4D,5D,6D,7D,8D,9D,10D2,11D2,13D,15D,16D,17D,18D,20D,22D,25D,26D,27D,28D,29D2,30D2,32D,34D. The highest BCUT2D eigenvalue weighted by atomic mass is 15.0. The molecule has 3 nitrogen and oxygen atoms in total. The second-order valence-corrected chi connectivity index (χ2v) is 11.8. The second-order valence-electron chi connectivity index (χ2n) is 11.8. The molecule has 1 fully saturated rings. The summed E-state index contributed by atoms with van der Waals surface area (Å²) in [6.45, 7) is 0. The highest BCUT2D eigenvalue weighted by Gasteiger charge is 2.43. The molecule has 258 valence electrons. The average Bonchev–Trinajstić information content (AvgIpc) is 1.60. The van der Waals surface area contributed by atoms with Gasteiger partial charge >= 0.3 is 0 Å². The van der Waals surface area contributed by atoms with E-state index < -0.39 is 226 Å². The van der Waals surface area contributed by atoms with Crippen LogP contribution in [0.4, 0.5) is 0 Å². The van der Waals surface area contributed by atoms with Gasteiger partial charge in [-0.15, -0.1) is 0 Å². The smallest absolute Gasteiger partial charge is 0.164 e. The third-order valence-electron chi connectivity index (χ3n) is 8.69. The molecule has 10 rings (SSSR count). The molecule has 8 aromatic rings. The number of rotatable bonds is 6. The molecule has 0 N–H and O–H groups in total. The maximum Gasteiger partial charge on any atom is 0.164 e. The Morgan fingerprint density at radius 2 is 0.889 bits per heavy atom. The van der Waals surface area contributed by atoms with Gasteiger partial charge in [-0.2, -0.15) is 0 Å². The topological polar surface area (TPSA) is 38.7 Å². The third-order valence-corrected chi connectivity index (χ3v) is 8.69. The second kappa shape index (κ2) is 13.5. The molecule has 0 radical (unpaired) electrons. The monoisotopic (exact) mass is 725 g/mol. The van der Waals surface area contributed by atoms with E-state index in [1.807, 2.05) is 0 Å². The summed E-state index contributed by atoms with van der Waals surface area (Å²) in [6.07, 6.45) is -20.7. The number of fused-ring (bicyclic) bond motifs is 5. The summed E-state index contributed by atoms with van der Waals surface area (Å²) >= 11 is 0. The van der Waals surface area contributed by atoms with E-state index in [4.69, 9.17) is 30.2 Å². The number of aromatic nitrogens is 3. The molecule has 2 aliphatic rings. The molecule has 1 saturated carbocycles. The number of nitrogens with zero attached hydrogens (tertiary/aromatic N) is 3. The minimum absolute atomic E-state index is 0.0545. The Morgan fingerprint density at radius 3 is 1.56 bits per heavy atom. The molecular weight excluding hydrogens is 655 g/mol. The lowest BCUT2D eigenvalue weighted by Gasteiger charge is -2.36. The van der Waals surface area contributed by atoms with Gasteiger partial charge in [0.2, 0.25) is 0 Å². The summed E-state index contributed by atoms with van der Waals surface area (Å²) in [5.41, 5.74) is -10.9. The summed E-state index contributed by atoms with van der Waals surface area (Å²) in [7, 11) is 0. The van der Waals surface area contributed by atoms with Crippen LogP contribution in [0.2, 0.25) is 0 Å². The van der Waals surface area contributed by atoms with Crippen LogP contribution in [0, 0.1) is 0 Å². The van der Waals surface area contributed by atoms with E-state index in [2.05, 4.69) is 15.0 Å². The van der Waals surface area contributed by atoms with E-state index in [1.54, 1.807) is 12.1 Å². The predicted molar refractivity (Wildman–Crippen MR) is 222 cm³/mol. The van der Waals surface area contributed by atoms with Crippen molar-refractivity contribution < 1.29 is 42.5 Å². The third kappa shape index (κ3) is 5.74. The molecule has 1 aromatic heterocycles. The van der Waals surface area contributed by atoms with Crippen LogP contribution in [-0.2, 0) is 5.41 Å². The number of benzene rings is 7. The number of hydrogen-bond acceptors (Lipinski definition) is 3. The summed E-state index contributed by atoms with van der Waals surface area (Å²) in [5.74, 6) is -1.38. The fraction of sp³-hybridized carbons (Fsp3) is 0.118. The molecule has 0 unspecified atom stereocenters. The van der Waals surface area contributed by atoms with Crippen molar-refractivity contribution in [2.75, 3.05) is 0 Å². The summed E-state index contributed by atoms with van der Waals surface area (Å²) in [5, 5.41) is 0. The van der Waals surface area contributed by atoms with Crippen LogP contribution in [0.3, 0.4) is 0 Å². The molecule has 0 atom stereocenters. The quantitative estimate of drug-likeness (QED) is 0.171. The Balaban J connectivity index is 1.20. The first kappa shape index (κ1) is 13.4. The van der Waals surface area contributed by atoms with Gasteiger partial charge in [-0.25, -0.2) is 15.0 Å². The van der Waals surface area contributed by atoms with Gasteiger partial charge in [0.15, 0.2) is 17.5 Å². The van der Waals surface area contributed by atoms with Crippen molar-refractivity contribution in [3.8, 4) is 78.7 Å². The minimum atomic E-state index is -4.18. The van der Waals surface area contributed by atoms with Crippen molar-refractivity contribution in [1.29, 1.82) is 0 Å². The molecule has 54 heavy (non-hydrogen) atoms. The van der Waals surface area contributed by atoms with Crippen LogP contribution in [0.5, 0.6) is 0 Å². The van der Waals surface area contributed by atoms with Gasteiger partial charge in [0, 0.05) is 35.8 Å². The molecule has 1 spiro atoms. The SMILES string of the molecule is [2H]c1c([2H])c([2H])c(-c2nc(-c3cccc(-c4cccc(-c5c([2H])c([2H])c([2H])c(-c6c([2H])c([2H])c7c(c6[2H])C6(c8c([2H])c([2H])c([2H])c([2H])c8-7)C([2H])([2H])C([2H])([2H])C([2H])([2H])C([2H])([2H])C6([2H])[2H])c5[2H])c4)c3)nc(-c3c([2H])c([2H])c([2H])c([2H])c3[2H])n2)c([2H])c1[2H]. The van der Waals surface area contributed by atoms with Crippen molar-refractivity contribution in [2.45, 2.75) is 37.3 Å². The Labute approximate surface area is 360 Å². The highest BCUT2D eigenvalue weighted by molar-refractivity contribution is 5.85. The largest absolute Gasteiger partial charge is 0.208 e. The zero-order valence-electron chi connectivity index (χ0n) is 58.5. The van der Waals surface area contributed by atoms with Gasteiger partial charge < -0.3 is 0 Å². The number of hydrogen-bond donors (Lipinski definition) is 0. The van der Waals surface area contributed by atoms with E-state index in [9.17, 15) is 12.3 Å². The van der Waals surface area contributed by atoms with Gasteiger partial charge in [0.25, 0.3) is 0 Å². The Kier molecular flexibility index (Phi) is 3.36. The summed E-state index contributed by atoms with van der Waals surface area (Å²) in [6, 6.07) is -7.55. The van der Waals surface area contributed by atoms with Crippen molar-refractivity contribution in [1.82, 2.24) is 15.0 Å². The van der Waals surface area contributed by atoms with Crippen LogP contribution in [0.25, 0.3) is 78.7 Å². The fourth-order valence-electron chi connectivity index (χ4n) is 6.23. The molecule has 0 amide bonds. The van der Waals surface area contributed by atoms with Crippen molar-refractivity contribution in [3.05, 3.63) is 187 Å². The molecule has 0 saturated heterocycles. The van der Waals surface area contributed by atoms with Gasteiger partial charge in [-0.1, -0.05) is 170 Å². The van der Waals surface area contributed by atoms with Crippen LogP contribution in [0.15, 0.2) is 175 Å². The van der Waals surface area contributed by atoms with Crippen molar-refractivity contribution in [2.24, 2.45) is 0 Å². The van der Waals surface area contributed by atoms with Crippen LogP contribution >= 0.6 is 0 Å². The fourth-order valence-corrected chi connectivity index (χ4v) is 6.23.